The number of ether oxygens (including phenoxy) is 1. The van der Waals surface area contributed by atoms with Gasteiger partial charge in [-0.25, -0.2) is 4.39 Å². The van der Waals surface area contributed by atoms with E-state index >= 15 is 0 Å². The summed E-state index contributed by atoms with van der Waals surface area (Å²) in [6, 6.07) is 5.76. The van der Waals surface area contributed by atoms with Crippen LogP contribution >= 0.6 is 0 Å². The Labute approximate surface area is 114 Å². The van der Waals surface area contributed by atoms with Crippen LogP contribution in [0.3, 0.4) is 0 Å². The third-order valence-electron chi connectivity index (χ3n) is 3.85. The average molecular weight is 266 g/mol. The molecular weight excluding hydrogens is 243 g/mol. The molecule has 1 aliphatic heterocycles. The van der Waals surface area contributed by atoms with Gasteiger partial charge >= 0.3 is 0 Å². The van der Waals surface area contributed by atoms with Crippen molar-refractivity contribution in [1.29, 1.82) is 0 Å². The van der Waals surface area contributed by atoms with Gasteiger partial charge in [0.25, 0.3) is 0 Å². The lowest BCUT2D eigenvalue weighted by Gasteiger charge is -2.35. The molecule has 3 nitrogen and oxygen atoms in total. The van der Waals surface area contributed by atoms with Crippen LogP contribution in [-0.4, -0.2) is 31.1 Å². The van der Waals surface area contributed by atoms with E-state index in [4.69, 9.17) is 10.5 Å². The molecule has 1 aromatic carbocycles. The Bertz CT molecular complexity index is 409. The molecule has 0 aliphatic carbocycles. The van der Waals surface area contributed by atoms with Gasteiger partial charge in [-0.3, -0.25) is 4.90 Å². The molecule has 1 saturated heterocycles. The first-order chi connectivity index (χ1) is 9.24. The average Bonchev–Trinajstić information content (AvgIpc) is 2.41. The van der Waals surface area contributed by atoms with E-state index in [9.17, 15) is 4.39 Å². The van der Waals surface area contributed by atoms with Gasteiger partial charge < -0.3 is 10.5 Å². The van der Waals surface area contributed by atoms with Gasteiger partial charge in [0, 0.05) is 12.6 Å². The van der Waals surface area contributed by atoms with Crippen LogP contribution in [0.1, 0.15) is 31.2 Å². The summed E-state index contributed by atoms with van der Waals surface area (Å²) in [7, 11) is 1.49. The molecule has 19 heavy (non-hydrogen) atoms. The highest BCUT2D eigenvalue weighted by molar-refractivity contribution is 5.29. The molecule has 0 amide bonds. The van der Waals surface area contributed by atoms with Crippen molar-refractivity contribution in [2.45, 2.75) is 38.3 Å². The van der Waals surface area contributed by atoms with Crippen molar-refractivity contribution >= 4 is 0 Å². The maximum Gasteiger partial charge on any atom is 0.165 e. The Morgan fingerprint density at radius 2 is 2.26 bits per heavy atom. The molecule has 0 radical (unpaired) electrons. The number of rotatable bonds is 5. The molecule has 0 bridgehead atoms. The minimum absolute atomic E-state index is 0.285. The first kappa shape index (κ1) is 14.3. The number of halogens is 1. The Morgan fingerprint density at radius 3 is 2.95 bits per heavy atom. The number of methoxy groups -OCH3 is 1. The summed E-state index contributed by atoms with van der Waals surface area (Å²) in [5.41, 5.74) is 6.68. The molecule has 1 aliphatic rings. The largest absolute Gasteiger partial charge is 0.494 e. The van der Waals surface area contributed by atoms with E-state index in [-0.39, 0.29) is 5.82 Å². The van der Waals surface area contributed by atoms with Crippen LogP contribution < -0.4 is 10.5 Å². The monoisotopic (exact) mass is 266 g/mol. The number of piperidine rings is 1. The van der Waals surface area contributed by atoms with E-state index in [1.807, 2.05) is 6.07 Å². The summed E-state index contributed by atoms with van der Waals surface area (Å²) in [4.78, 5) is 2.43. The van der Waals surface area contributed by atoms with E-state index in [0.29, 0.717) is 11.8 Å². The molecule has 0 spiro atoms. The molecular formula is C15H23FN2O. The van der Waals surface area contributed by atoms with Crippen molar-refractivity contribution in [2.24, 2.45) is 5.73 Å². The first-order valence-electron chi connectivity index (χ1n) is 7.01. The summed E-state index contributed by atoms with van der Waals surface area (Å²) < 4.78 is 18.6. The standard InChI is InChI=1S/C15H23FN2O/c1-19-15-6-5-12(10-14(15)16)11-18-9-3-2-4-13(18)7-8-17/h5-6,10,13H,2-4,7-9,11,17H2,1H3. The predicted molar refractivity (Wildman–Crippen MR) is 74.7 cm³/mol. The van der Waals surface area contributed by atoms with Gasteiger partial charge in [-0.05, 0) is 50.0 Å². The van der Waals surface area contributed by atoms with Gasteiger partial charge in [-0.15, -0.1) is 0 Å². The van der Waals surface area contributed by atoms with Crippen LogP contribution in [0.15, 0.2) is 18.2 Å². The number of benzene rings is 1. The first-order valence-corrected chi connectivity index (χ1v) is 7.01. The SMILES string of the molecule is COc1ccc(CN2CCCCC2CCN)cc1F. The highest BCUT2D eigenvalue weighted by atomic mass is 19.1. The van der Waals surface area contributed by atoms with Gasteiger partial charge in [0.2, 0.25) is 0 Å². The fourth-order valence-corrected chi connectivity index (χ4v) is 2.83. The van der Waals surface area contributed by atoms with Crippen molar-refractivity contribution in [1.82, 2.24) is 4.90 Å². The summed E-state index contributed by atoms with van der Waals surface area (Å²) in [5.74, 6) is 0.0216. The van der Waals surface area contributed by atoms with Crippen molar-refractivity contribution in [3.8, 4) is 5.75 Å². The molecule has 1 unspecified atom stereocenters. The fraction of sp³-hybridized carbons (Fsp3) is 0.600. The smallest absolute Gasteiger partial charge is 0.165 e. The van der Waals surface area contributed by atoms with Crippen LogP contribution in [0.5, 0.6) is 5.75 Å². The van der Waals surface area contributed by atoms with E-state index in [1.54, 1.807) is 12.1 Å². The Morgan fingerprint density at radius 1 is 1.42 bits per heavy atom. The molecule has 106 valence electrons. The van der Waals surface area contributed by atoms with Crippen molar-refractivity contribution in [2.75, 3.05) is 20.2 Å². The van der Waals surface area contributed by atoms with Gasteiger partial charge in [0.15, 0.2) is 11.6 Å². The molecule has 2 rings (SSSR count). The zero-order chi connectivity index (χ0) is 13.7. The second-order valence-electron chi connectivity index (χ2n) is 5.17. The fourth-order valence-electron chi connectivity index (χ4n) is 2.83. The third kappa shape index (κ3) is 3.67. The molecule has 0 saturated carbocycles. The lowest BCUT2D eigenvalue weighted by Crippen LogP contribution is -2.40. The summed E-state index contributed by atoms with van der Waals surface area (Å²) in [6.07, 6.45) is 4.73. The van der Waals surface area contributed by atoms with Gasteiger partial charge in [0.1, 0.15) is 0 Å². The van der Waals surface area contributed by atoms with Crippen LogP contribution in [0, 0.1) is 5.82 Å². The Balaban J connectivity index is 2.04. The van der Waals surface area contributed by atoms with E-state index in [0.717, 1.165) is 31.6 Å². The van der Waals surface area contributed by atoms with Crippen LogP contribution in [0.25, 0.3) is 0 Å². The number of nitrogens with zero attached hydrogens (tertiary/aromatic N) is 1. The molecule has 1 atom stereocenters. The lowest BCUT2D eigenvalue weighted by atomic mass is 9.98. The minimum Gasteiger partial charge on any atom is -0.494 e. The predicted octanol–water partition coefficient (Wildman–Crippen LogP) is 2.54. The van der Waals surface area contributed by atoms with Crippen molar-refractivity contribution in [3.05, 3.63) is 29.6 Å². The normalized spacial score (nSPS) is 20.5. The lowest BCUT2D eigenvalue weighted by molar-refractivity contribution is 0.134. The third-order valence-corrected chi connectivity index (χ3v) is 3.85. The highest BCUT2D eigenvalue weighted by Crippen LogP contribution is 2.23. The van der Waals surface area contributed by atoms with Crippen LogP contribution in [-0.2, 0) is 6.54 Å². The van der Waals surface area contributed by atoms with E-state index in [1.165, 1.54) is 26.4 Å². The maximum atomic E-state index is 13.7. The zero-order valence-electron chi connectivity index (χ0n) is 11.6. The molecule has 4 heteroatoms. The molecule has 1 heterocycles. The summed E-state index contributed by atoms with van der Waals surface area (Å²) >= 11 is 0. The quantitative estimate of drug-likeness (QED) is 0.890. The number of nitrogens with two attached hydrogens (primary N) is 1. The number of hydrogen-bond donors (Lipinski definition) is 1. The van der Waals surface area contributed by atoms with E-state index in [2.05, 4.69) is 4.90 Å². The van der Waals surface area contributed by atoms with Gasteiger partial charge in [-0.2, -0.15) is 0 Å². The molecule has 1 fully saturated rings. The van der Waals surface area contributed by atoms with Crippen LogP contribution in [0.2, 0.25) is 0 Å². The highest BCUT2D eigenvalue weighted by Gasteiger charge is 2.21. The molecule has 0 aromatic heterocycles. The Kier molecular flexibility index (Phi) is 5.16. The second kappa shape index (κ2) is 6.87. The second-order valence-corrected chi connectivity index (χ2v) is 5.17. The van der Waals surface area contributed by atoms with Gasteiger partial charge in [0.05, 0.1) is 7.11 Å². The van der Waals surface area contributed by atoms with Crippen molar-refractivity contribution in [3.63, 3.8) is 0 Å². The molecule has 2 N–H and O–H groups in total. The van der Waals surface area contributed by atoms with Gasteiger partial charge in [-0.1, -0.05) is 12.5 Å². The van der Waals surface area contributed by atoms with Crippen molar-refractivity contribution < 1.29 is 9.13 Å². The topological polar surface area (TPSA) is 38.5 Å². The zero-order valence-corrected chi connectivity index (χ0v) is 11.6. The summed E-state index contributed by atoms with van der Waals surface area (Å²) in [6.45, 7) is 2.60. The number of likely N-dealkylation sites (tertiary alicyclic amines) is 1. The summed E-state index contributed by atoms with van der Waals surface area (Å²) in [5, 5.41) is 0. The number of hydrogen-bond acceptors (Lipinski definition) is 3. The van der Waals surface area contributed by atoms with Crippen LogP contribution in [0.4, 0.5) is 4.39 Å². The van der Waals surface area contributed by atoms with E-state index < -0.39 is 0 Å². The Hall–Kier alpha value is -1.13. The minimum atomic E-state index is -0.285. The molecule has 1 aromatic rings. The maximum absolute atomic E-state index is 13.7.